The van der Waals surface area contributed by atoms with Gasteiger partial charge in [-0.3, -0.25) is 9.48 Å². The Balaban J connectivity index is 1.88. The first kappa shape index (κ1) is 9.05. The summed E-state index contributed by atoms with van der Waals surface area (Å²) in [6, 6.07) is 1.67. The molecule has 1 aromatic rings. The molecule has 0 atom stereocenters. The van der Waals surface area contributed by atoms with Crippen LogP contribution in [-0.4, -0.2) is 21.2 Å². The Labute approximate surface area is 82.3 Å². The van der Waals surface area contributed by atoms with Crippen LogP contribution in [0.4, 0.5) is 5.82 Å². The summed E-state index contributed by atoms with van der Waals surface area (Å²) >= 11 is 0. The van der Waals surface area contributed by atoms with E-state index in [0.717, 1.165) is 12.8 Å². The molecule has 0 spiro atoms. The molecule has 3 N–H and O–H groups in total. The largest absolute Gasteiger partial charge is 0.382 e. The van der Waals surface area contributed by atoms with Crippen LogP contribution in [-0.2, 0) is 11.3 Å². The summed E-state index contributed by atoms with van der Waals surface area (Å²) in [6.07, 6.45) is 3.84. The zero-order valence-electron chi connectivity index (χ0n) is 8.16. The maximum Gasteiger partial charge on any atom is 0.242 e. The Kier molecular flexibility index (Phi) is 1.94. The van der Waals surface area contributed by atoms with Crippen LogP contribution in [0.5, 0.6) is 0 Å². The molecule has 1 saturated carbocycles. The van der Waals surface area contributed by atoms with Gasteiger partial charge in [-0.05, 0) is 25.8 Å². The molecule has 5 nitrogen and oxygen atoms in total. The van der Waals surface area contributed by atoms with Crippen LogP contribution in [0.1, 0.15) is 19.8 Å². The molecule has 0 aromatic carbocycles. The summed E-state index contributed by atoms with van der Waals surface area (Å²) in [4.78, 5) is 11.5. The highest BCUT2D eigenvalue weighted by atomic mass is 16.2. The number of hydrogen-bond donors (Lipinski definition) is 2. The first-order valence-corrected chi connectivity index (χ1v) is 4.67. The van der Waals surface area contributed by atoms with Crippen molar-refractivity contribution >= 4 is 11.7 Å². The van der Waals surface area contributed by atoms with Crippen LogP contribution >= 0.6 is 0 Å². The zero-order chi connectivity index (χ0) is 10.2. The van der Waals surface area contributed by atoms with Gasteiger partial charge in [0.1, 0.15) is 12.4 Å². The number of hydrogen-bond acceptors (Lipinski definition) is 3. The summed E-state index contributed by atoms with van der Waals surface area (Å²) in [6.45, 7) is 2.29. The third kappa shape index (κ3) is 2.04. The van der Waals surface area contributed by atoms with Gasteiger partial charge in [-0.25, -0.2) is 0 Å². The van der Waals surface area contributed by atoms with Crippen molar-refractivity contribution < 1.29 is 4.79 Å². The Bertz CT molecular complexity index is 353. The summed E-state index contributed by atoms with van der Waals surface area (Å²) in [5, 5.41) is 6.88. The van der Waals surface area contributed by atoms with Crippen molar-refractivity contribution in [2.75, 3.05) is 5.73 Å². The third-order valence-corrected chi connectivity index (χ3v) is 2.41. The van der Waals surface area contributed by atoms with Gasteiger partial charge in [0.15, 0.2) is 0 Å². The van der Waals surface area contributed by atoms with E-state index in [9.17, 15) is 4.79 Å². The minimum atomic E-state index is -0.00639. The lowest BCUT2D eigenvalue weighted by atomic mass is 10.3. The highest BCUT2D eigenvalue weighted by Crippen LogP contribution is 2.34. The fourth-order valence-corrected chi connectivity index (χ4v) is 1.30. The number of anilines is 1. The van der Waals surface area contributed by atoms with Gasteiger partial charge in [0, 0.05) is 11.7 Å². The molecule has 1 fully saturated rings. The number of nitrogen functional groups attached to an aromatic ring is 1. The lowest BCUT2D eigenvalue weighted by Gasteiger charge is -2.10. The normalized spacial score (nSPS) is 17.8. The van der Waals surface area contributed by atoms with E-state index in [2.05, 4.69) is 10.4 Å². The topological polar surface area (TPSA) is 72.9 Å². The highest BCUT2D eigenvalue weighted by molar-refractivity contribution is 5.76. The molecule has 1 aliphatic carbocycles. The van der Waals surface area contributed by atoms with Crippen LogP contribution < -0.4 is 11.1 Å². The summed E-state index contributed by atoms with van der Waals surface area (Å²) in [5.74, 6) is 0.434. The molecule has 0 aliphatic heterocycles. The molecule has 1 amide bonds. The van der Waals surface area contributed by atoms with Crippen molar-refractivity contribution in [2.45, 2.75) is 31.8 Å². The van der Waals surface area contributed by atoms with E-state index in [1.807, 2.05) is 6.92 Å². The molecule has 1 heterocycles. The molecule has 0 radical (unpaired) electrons. The van der Waals surface area contributed by atoms with Crippen LogP contribution in [0.3, 0.4) is 0 Å². The first-order valence-electron chi connectivity index (χ1n) is 4.67. The van der Waals surface area contributed by atoms with Gasteiger partial charge in [-0.15, -0.1) is 0 Å². The zero-order valence-corrected chi connectivity index (χ0v) is 8.16. The second kappa shape index (κ2) is 3.01. The monoisotopic (exact) mass is 194 g/mol. The predicted octanol–water partition coefficient (Wildman–Crippen LogP) is 0.134. The number of aromatic nitrogens is 2. The molecule has 1 aliphatic rings. The van der Waals surface area contributed by atoms with Crippen molar-refractivity contribution in [2.24, 2.45) is 0 Å². The second-order valence-corrected chi connectivity index (χ2v) is 4.05. The number of carbonyl (C=O) groups is 1. The van der Waals surface area contributed by atoms with E-state index in [1.54, 1.807) is 12.3 Å². The van der Waals surface area contributed by atoms with Gasteiger partial charge in [0.05, 0.1) is 0 Å². The summed E-state index contributed by atoms with van der Waals surface area (Å²) in [7, 11) is 0. The molecule has 0 bridgehead atoms. The minimum absolute atomic E-state index is 0.00639. The van der Waals surface area contributed by atoms with Gasteiger partial charge in [0.2, 0.25) is 5.91 Å². The van der Waals surface area contributed by atoms with E-state index in [4.69, 9.17) is 5.73 Å². The smallest absolute Gasteiger partial charge is 0.242 e. The number of nitrogens with one attached hydrogen (secondary N) is 1. The Morgan fingerprint density at radius 1 is 1.79 bits per heavy atom. The van der Waals surface area contributed by atoms with Gasteiger partial charge in [-0.2, -0.15) is 5.10 Å². The number of amides is 1. The molecule has 76 valence electrons. The highest BCUT2D eigenvalue weighted by Gasteiger charge is 2.38. The molecule has 0 saturated heterocycles. The van der Waals surface area contributed by atoms with Crippen LogP contribution in [0.25, 0.3) is 0 Å². The van der Waals surface area contributed by atoms with Crippen molar-refractivity contribution in [3.63, 3.8) is 0 Å². The fraction of sp³-hybridized carbons (Fsp3) is 0.556. The fourth-order valence-electron chi connectivity index (χ4n) is 1.30. The number of nitrogens with zero attached hydrogens (tertiary/aromatic N) is 2. The van der Waals surface area contributed by atoms with Crippen LogP contribution in [0, 0.1) is 0 Å². The van der Waals surface area contributed by atoms with E-state index < -0.39 is 0 Å². The molecule has 14 heavy (non-hydrogen) atoms. The molecule has 2 rings (SSSR count). The standard InChI is InChI=1S/C9H14N4O/c1-9(3-4-9)11-8(14)6-13-5-2-7(10)12-13/h2,5H,3-4,6H2,1H3,(H2,10,12)(H,11,14). The Morgan fingerprint density at radius 2 is 2.50 bits per heavy atom. The molecule has 0 unspecified atom stereocenters. The van der Waals surface area contributed by atoms with Gasteiger partial charge in [0.25, 0.3) is 0 Å². The molecular formula is C9H14N4O. The summed E-state index contributed by atoms with van der Waals surface area (Å²) in [5.41, 5.74) is 5.47. The van der Waals surface area contributed by atoms with Gasteiger partial charge < -0.3 is 11.1 Å². The van der Waals surface area contributed by atoms with Gasteiger partial charge in [-0.1, -0.05) is 0 Å². The van der Waals surface area contributed by atoms with Crippen molar-refractivity contribution in [1.29, 1.82) is 0 Å². The maximum atomic E-state index is 11.5. The Morgan fingerprint density at radius 3 is 3.00 bits per heavy atom. The predicted molar refractivity (Wildman–Crippen MR) is 52.4 cm³/mol. The average Bonchev–Trinajstić information content (AvgIpc) is 2.64. The van der Waals surface area contributed by atoms with Crippen molar-refractivity contribution in [1.82, 2.24) is 15.1 Å². The van der Waals surface area contributed by atoms with Crippen molar-refractivity contribution in [3.05, 3.63) is 12.3 Å². The number of carbonyl (C=O) groups excluding carboxylic acids is 1. The average molecular weight is 194 g/mol. The van der Waals surface area contributed by atoms with E-state index >= 15 is 0 Å². The maximum absolute atomic E-state index is 11.5. The summed E-state index contributed by atoms with van der Waals surface area (Å²) < 4.78 is 1.54. The lowest BCUT2D eigenvalue weighted by molar-refractivity contribution is -0.122. The van der Waals surface area contributed by atoms with Crippen LogP contribution in [0.2, 0.25) is 0 Å². The Hall–Kier alpha value is -1.52. The SMILES string of the molecule is CC1(NC(=O)Cn2ccc(N)n2)CC1. The quantitative estimate of drug-likeness (QED) is 0.718. The number of nitrogens with two attached hydrogens (primary N) is 1. The molecular weight excluding hydrogens is 180 g/mol. The van der Waals surface area contributed by atoms with E-state index in [1.165, 1.54) is 4.68 Å². The molecule has 1 aromatic heterocycles. The van der Waals surface area contributed by atoms with Crippen molar-refractivity contribution in [3.8, 4) is 0 Å². The number of rotatable bonds is 3. The molecule has 5 heteroatoms. The third-order valence-electron chi connectivity index (χ3n) is 2.41. The van der Waals surface area contributed by atoms with E-state index in [0.29, 0.717) is 5.82 Å². The minimum Gasteiger partial charge on any atom is -0.382 e. The van der Waals surface area contributed by atoms with Gasteiger partial charge >= 0.3 is 0 Å². The van der Waals surface area contributed by atoms with Crippen LogP contribution in [0.15, 0.2) is 12.3 Å². The van der Waals surface area contributed by atoms with E-state index in [-0.39, 0.29) is 18.0 Å². The first-order chi connectivity index (χ1) is 6.57. The lowest BCUT2D eigenvalue weighted by Crippen LogP contribution is -2.36. The second-order valence-electron chi connectivity index (χ2n) is 4.05.